The third-order valence-corrected chi connectivity index (χ3v) is 7.91. The van der Waals surface area contributed by atoms with Gasteiger partial charge in [0.15, 0.2) is 34.3 Å². The Labute approximate surface area is 232 Å². The van der Waals surface area contributed by atoms with Crippen molar-refractivity contribution < 1.29 is 23.8 Å². The lowest BCUT2D eigenvalue weighted by molar-refractivity contribution is -0.155. The van der Waals surface area contributed by atoms with Crippen molar-refractivity contribution in [2.75, 3.05) is 12.4 Å². The monoisotopic (exact) mass is 564 g/mol. The zero-order valence-electron chi connectivity index (χ0n) is 21.1. The number of fused-ring (bicyclic) bond motifs is 2. The summed E-state index contributed by atoms with van der Waals surface area (Å²) in [5.41, 5.74) is -1.39. The van der Waals surface area contributed by atoms with Crippen molar-refractivity contribution in [3.63, 3.8) is 0 Å². The summed E-state index contributed by atoms with van der Waals surface area (Å²) in [6.45, 7) is 0.324. The van der Waals surface area contributed by atoms with Crippen molar-refractivity contribution in [2.45, 2.75) is 31.2 Å². The van der Waals surface area contributed by atoms with Crippen LogP contribution < -0.4 is 10.6 Å². The molecule has 1 amide bonds. The summed E-state index contributed by atoms with van der Waals surface area (Å²) in [7, 11) is 1.49. The number of halogens is 3. The zero-order valence-corrected chi connectivity index (χ0v) is 21.9. The fraction of sp³-hybridized carbons (Fsp3) is 0.286. The van der Waals surface area contributed by atoms with Crippen LogP contribution in [-0.2, 0) is 17.1 Å². The lowest BCUT2D eigenvalue weighted by Crippen LogP contribution is -2.49. The number of imidazole rings is 1. The van der Waals surface area contributed by atoms with E-state index >= 15 is 0 Å². The molecule has 0 bridgehead atoms. The molecule has 0 spiro atoms. The highest BCUT2D eigenvalue weighted by Gasteiger charge is 2.76. The number of aliphatic hydroxyl groups excluding tert-OH is 1. The number of nitrogens with one attached hydrogen (secondary N) is 2. The first-order valence-electron chi connectivity index (χ1n) is 12.5. The van der Waals surface area contributed by atoms with Gasteiger partial charge < -0.3 is 20.8 Å². The second-order valence-corrected chi connectivity index (χ2v) is 10.5. The molecule has 9 nitrogen and oxygen atoms in total. The number of amides is 1. The zero-order chi connectivity index (χ0) is 28.2. The van der Waals surface area contributed by atoms with Crippen LogP contribution in [0, 0.1) is 34.8 Å². The minimum Gasteiger partial charge on any atom is -0.387 e. The van der Waals surface area contributed by atoms with Gasteiger partial charge in [0.1, 0.15) is 6.10 Å². The first-order valence-corrected chi connectivity index (χ1v) is 12.9. The van der Waals surface area contributed by atoms with E-state index in [2.05, 4.69) is 37.4 Å². The minimum absolute atomic E-state index is 0.00911. The number of carbonyl (C=O) groups excluding carboxylic acids is 1. The van der Waals surface area contributed by atoms with E-state index in [-0.39, 0.29) is 35.3 Å². The molecule has 6 rings (SSSR count). The van der Waals surface area contributed by atoms with Crippen LogP contribution in [0.2, 0.25) is 5.02 Å². The van der Waals surface area contributed by atoms with Crippen molar-refractivity contribution in [3.05, 3.63) is 82.4 Å². The molecule has 4 N–H and O–H groups in total. The van der Waals surface area contributed by atoms with Gasteiger partial charge in [-0.1, -0.05) is 29.7 Å². The Balaban J connectivity index is 1.42. The molecule has 1 unspecified atom stereocenters. The quantitative estimate of drug-likeness (QED) is 0.275. The standard InChI is InChI=1S/C28H23ClF2N6O3/c1-32-26(39)27-11-17(27)12-28(40,25(27)38)37-14-34-22-23(33-13-16-3-2-4-18(29)9-16)35-21(36-24(22)37)8-6-15-5-7-19(30)20(31)10-15/h2-5,7,9-10,14,17,25,38,40H,11-13H2,1H3,(H,32,39)(H,33,35,36)/t17?,25-,27+,28-/m1/s1. The molecule has 4 aromatic rings. The first-order chi connectivity index (χ1) is 19.2. The van der Waals surface area contributed by atoms with Gasteiger partial charge in [-0.2, -0.15) is 0 Å². The van der Waals surface area contributed by atoms with Crippen LogP contribution in [0.4, 0.5) is 14.6 Å². The number of nitrogens with zero attached hydrogens (tertiary/aromatic N) is 4. The topological polar surface area (TPSA) is 125 Å². The van der Waals surface area contributed by atoms with Crippen molar-refractivity contribution in [2.24, 2.45) is 11.3 Å². The predicted octanol–water partition coefficient (Wildman–Crippen LogP) is 2.93. The van der Waals surface area contributed by atoms with Crippen LogP contribution in [0.25, 0.3) is 11.2 Å². The number of hydrogen-bond donors (Lipinski definition) is 4. The number of aliphatic hydroxyl groups is 2. The Morgan fingerprint density at radius 1 is 1.18 bits per heavy atom. The van der Waals surface area contributed by atoms with Crippen molar-refractivity contribution in [1.82, 2.24) is 24.8 Å². The van der Waals surface area contributed by atoms with Crippen LogP contribution >= 0.6 is 11.6 Å². The largest absolute Gasteiger partial charge is 0.387 e. The maximum atomic E-state index is 13.7. The average molecular weight is 565 g/mol. The number of aromatic nitrogens is 4. The fourth-order valence-electron chi connectivity index (χ4n) is 5.59. The van der Waals surface area contributed by atoms with Gasteiger partial charge in [0, 0.05) is 30.6 Å². The lowest BCUT2D eigenvalue weighted by atomic mass is 9.94. The van der Waals surface area contributed by atoms with Crippen molar-refractivity contribution in [1.29, 1.82) is 0 Å². The summed E-state index contributed by atoms with van der Waals surface area (Å²) >= 11 is 6.11. The van der Waals surface area contributed by atoms with Gasteiger partial charge in [0.25, 0.3) is 0 Å². The van der Waals surface area contributed by atoms with Crippen LogP contribution in [0.15, 0.2) is 48.8 Å². The van der Waals surface area contributed by atoms with Gasteiger partial charge in [-0.05, 0) is 54.2 Å². The molecule has 2 aromatic carbocycles. The predicted molar refractivity (Wildman–Crippen MR) is 142 cm³/mol. The van der Waals surface area contributed by atoms with Crippen molar-refractivity contribution in [3.8, 4) is 11.8 Å². The van der Waals surface area contributed by atoms with Crippen LogP contribution in [0.3, 0.4) is 0 Å². The van der Waals surface area contributed by atoms with Gasteiger partial charge in [0.05, 0.1) is 11.7 Å². The van der Waals surface area contributed by atoms with Gasteiger partial charge in [-0.25, -0.2) is 23.7 Å². The molecule has 4 atom stereocenters. The molecule has 12 heteroatoms. The molecular formula is C28H23ClF2N6O3. The lowest BCUT2D eigenvalue weighted by Gasteiger charge is -2.33. The molecule has 2 saturated carbocycles. The molecule has 2 aliphatic carbocycles. The van der Waals surface area contributed by atoms with E-state index in [0.29, 0.717) is 29.3 Å². The third-order valence-electron chi connectivity index (χ3n) is 7.68. The van der Waals surface area contributed by atoms with Crippen LogP contribution in [0.5, 0.6) is 0 Å². The fourth-order valence-corrected chi connectivity index (χ4v) is 5.80. The van der Waals surface area contributed by atoms with Crippen LogP contribution in [0.1, 0.15) is 29.8 Å². The van der Waals surface area contributed by atoms with Crippen molar-refractivity contribution >= 4 is 34.5 Å². The van der Waals surface area contributed by atoms with Crippen LogP contribution in [-0.4, -0.2) is 48.8 Å². The highest BCUT2D eigenvalue weighted by molar-refractivity contribution is 6.30. The van der Waals surface area contributed by atoms with Gasteiger partial charge in [0.2, 0.25) is 11.7 Å². The molecule has 2 heterocycles. The van der Waals surface area contributed by atoms with E-state index in [1.54, 1.807) is 12.1 Å². The van der Waals surface area contributed by atoms with Gasteiger partial charge in [-0.15, -0.1) is 0 Å². The summed E-state index contributed by atoms with van der Waals surface area (Å²) in [4.78, 5) is 26.0. The molecular weight excluding hydrogens is 542 g/mol. The van der Waals surface area contributed by atoms with E-state index in [4.69, 9.17) is 11.6 Å². The molecule has 0 radical (unpaired) electrons. The number of carbonyl (C=O) groups is 1. The molecule has 40 heavy (non-hydrogen) atoms. The van der Waals surface area contributed by atoms with E-state index in [1.165, 1.54) is 24.0 Å². The average Bonchev–Trinajstić information content (AvgIpc) is 3.39. The molecule has 0 saturated heterocycles. The Bertz CT molecular complexity index is 1740. The Kier molecular flexibility index (Phi) is 6.22. The number of hydrogen-bond acceptors (Lipinski definition) is 7. The maximum Gasteiger partial charge on any atom is 0.229 e. The SMILES string of the molecule is CNC(=O)[C@@]12CC1C[C@](O)(n1cnc3c(NCc4cccc(Cl)c4)nc(C#Cc4ccc(F)c(F)c4)nc31)[C@@H]2O. The normalized spacial score (nSPS) is 24.8. The number of anilines is 1. The van der Waals surface area contributed by atoms with E-state index < -0.39 is 28.9 Å². The second-order valence-electron chi connectivity index (χ2n) is 10.1. The number of benzene rings is 2. The highest BCUT2D eigenvalue weighted by atomic mass is 35.5. The summed E-state index contributed by atoms with van der Waals surface area (Å²) in [6, 6.07) is 10.5. The molecule has 2 aromatic heterocycles. The molecule has 0 aliphatic heterocycles. The van der Waals surface area contributed by atoms with Gasteiger partial charge in [-0.3, -0.25) is 9.36 Å². The molecule has 204 valence electrons. The first kappa shape index (κ1) is 26.1. The number of rotatable bonds is 5. The summed E-state index contributed by atoms with van der Waals surface area (Å²) in [6.07, 6.45) is 0.534. The Hall–Kier alpha value is -4.11. The summed E-state index contributed by atoms with van der Waals surface area (Å²) in [5, 5.41) is 29.3. The Morgan fingerprint density at radius 3 is 2.75 bits per heavy atom. The van der Waals surface area contributed by atoms with Gasteiger partial charge >= 0.3 is 0 Å². The highest BCUT2D eigenvalue weighted by Crippen LogP contribution is 2.68. The summed E-state index contributed by atoms with van der Waals surface area (Å²) < 4.78 is 28.4. The van der Waals surface area contributed by atoms with E-state index in [9.17, 15) is 23.8 Å². The molecule has 2 aliphatic rings. The maximum absolute atomic E-state index is 13.7. The minimum atomic E-state index is -1.85. The second kappa shape index (κ2) is 9.52. The smallest absolute Gasteiger partial charge is 0.229 e. The van der Waals surface area contributed by atoms with E-state index in [1.807, 2.05) is 12.1 Å². The molecule has 2 fully saturated rings. The summed E-state index contributed by atoms with van der Waals surface area (Å²) in [5.74, 6) is 3.22. The van der Waals surface area contributed by atoms with E-state index in [0.717, 1.165) is 17.7 Å². The third kappa shape index (κ3) is 4.16. The Morgan fingerprint density at radius 2 is 2.00 bits per heavy atom.